The van der Waals surface area contributed by atoms with Gasteiger partial charge in [0.25, 0.3) is 0 Å². The zero-order valence-corrected chi connectivity index (χ0v) is 11.8. The first-order valence-electron chi connectivity index (χ1n) is 6.22. The van der Waals surface area contributed by atoms with Crippen molar-refractivity contribution in [3.05, 3.63) is 35.9 Å². The minimum absolute atomic E-state index is 0.994. The first-order valence-corrected chi connectivity index (χ1v) is 7.38. The summed E-state index contributed by atoms with van der Waals surface area (Å²) in [6.45, 7) is 6.11. The van der Waals surface area contributed by atoms with Crippen molar-refractivity contribution in [3.63, 3.8) is 0 Å². The minimum Gasteiger partial charge on any atom is -0.355 e. The molecule has 1 aliphatic rings. The molecule has 2 rings (SSSR count). The molecule has 2 nitrogen and oxygen atoms in total. The summed E-state index contributed by atoms with van der Waals surface area (Å²) in [7, 11) is 1.89. The number of rotatable bonds is 2. The summed E-state index contributed by atoms with van der Waals surface area (Å²) in [5.41, 5.74) is 1.37. The molecule has 0 atom stereocenters. The zero-order valence-electron chi connectivity index (χ0n) is 11.0. The van der Waals surface area contributed by atoms with Crippen LogP contribution in [0.25, 0.3) is 0 Å². The lowest BCUT2D eigenvalue weighted by Gasteiger charge is -2.29. The second kappa shape index (κ2) is 8.18. The SMILES string of the molecule is CC.CN=C1CSCCN1Cc1ccccc1. The van der Waals surface area contributed by atoms with Crippen LogP contribution in [0.4, 0.5) is 0 Å². The van der Waals surface area contributed by atoms with E-state index in [-0.39, 0.29) is 0 Å². The van der Waals surface area contributed by atoms with Crippen LogP contribution in [0.2, 0.25) is 0 Å². The third-order valence-corrected chi connectivity index (χ3v) is 3.51. The van der Waals surface area contributed by atoms with Crippen molar-refractivity contribution in [2.45, 2.75) is 20.4 Å². The number of nitrogens with zero attached hydrogens (tertiary/aromatic N) is 2. The van der Waals surface area contributed by atoms with E-state index in [9.17, 15) is 0 Å². The van der Waals surface area contributed by atoms with Crippen molar-refractivity contribution >= 4 is 17.6 Å². The van der Waals surface area contributed by atoms with E-state index in [1.807, 2.05) is 32.7 Å². The molecule has 3 heteroatoms. The maximum Gasteiger partial charge on any atom is 0.109 e. The Balaban J connectivity index is 0.000000686. The molecule has 0 unspecified atom stereocenters. The molecule has 0 spiro atoms. The largest absolute Gasteiger partial charge is 0.355 e. The van der Waals surface area contributed by atoms with E-state index in [2.05, 4.69) is 40.2 Å². The van der Waals surface area contributed by atoms with E-state index in [4.69, 9.17) is 0 Å². The molecule has 0 saturated carbocycles. The van der Waals surface area contributed by atoms with Crippen LogP contribution in [-0.2, 0) is 6.54 Å². The van der Waals surface area contributed by atoms with Gasteiger partial charge in [-0.2, -0.15) is 11.8 Å². The summed E-state index contributed by atoms with van der Waals surface area (Å²) in [5, 5.41) is 0. The molecular formula is C14H22N2S. The van der Waals surface area contributed by atoms with Gasteiger partial charge in [-0.15, -0.1) is 0 Å². The average molecular weight is 250 g/mol. The maximum absolute atomic E-state index is 4.35. The predicted molar refractivity (Wildman–Crippen MR) is 78.9 cm³/mol. The third-order valence-electron chi connectivity index (χ3n) is 2.58. The highest BCUT2D eigenvalue weighted by Crippen LogP contribution is 2.14. The van der Waals surface area contributed by atoms with Crippen LogP contribution in [0.5, 0.6) is 0 Å². The highest BCUT2D eigenvalue weighted by molar-refractivity contribution is 8.00. The molecule has 0 radical (unpaired) electrons. The number of thioether (sulfide) groups is 1. The summed E-state index contributed by atoms with van der Waals surface area (Å²) in [6.07, 6.45) is 0. The topological polar surface area (TPSA) is 15.6 Å². The van der Waals surface area contributed by atoms with Gasteiger partial charge in [0.1, 0.15) is 5.84 Å². The first-order chi connectivity index (χ1) is 8.40. The Morgan fingerprint density at radius 3 is 2.59 bits per heavy atom. The van der Waals surface area contributed by atoms with E-state index in [0.29, 0.717) is 0 Å². The molecule has 0 bridgehead atoms. The van der Waals surface area contributed by atoms with Crippen molar-refractivity contribution < 1.29 is 0 Å². The van der Waals surface area contributed by atoms with E-state index in [0.717, 1.165) is 18.8 Å². The smallest absolute Gasteiger partial charge is 0.109 e. The van der Waals surface area contributed by atoms with Crippen molar-refractivity contribution in [2.75, 3.05) is 25.1 Å². The highest BCUT2D eigenvalue weighted by atomic mass is 32.2. The Morgan fingerprint density at radius 1 is 1.24 bits per heavy atom. The third kappa shape index (κ3) is 4.43. The second-order valence-corrected chi connectivity index (χ2v) is 4.70. The van der Waals surface area contributed by atoms with E-state index >= 15 is 0 Å². The lowest BCUT2D eigenvalue weighted by atomic mass is 10.2. The molecule has 1 saturated heterocycles. The summed E-state index contributed by atoms with van der Waals surface area (Å²) in [6, 6.07) is 10.6. The average Bonchev–Trinajstić information content (AvgIpc) is 2.43. The Hall–Kier alpha value is -0.960. The zero-order chi connectivity index (χ0) is 12.5. The van der Waals surface area contributed by atoms with Crippen LogP contribution in [-0.4, -0.2) is 35.8 Å². The van der Waals surface area contributed by atoms with Gasteiger partial charge in [0.05, 0.1) is 5.75 Å². The Labute approximate surface area is 109 Å². The number of hydrogen-bond donors (Lipinski definition) is 0. The van der Waals surface area contributed by atoms with Gasteiger partial charge in [0, 0.05) is 25.9 Å². The Kier molecular flexibility index (Phi) is 6.78. The molecule has 1 heterocycles. The van der Waals surface area contributed by atoms with E-state index in [1.54, 1.807) is 0 Å². The maximum atomic E-state index is 4.35. The molecule has 1 aliphatic heterocycles. The molecule has 0 aromatic heterocycles. The molecule has 0 aliphatic carbocycles. The Morgan fingerprint density at radius 2 is 1.94 bits per heavy atom. The molecule has 1 aromatic carbocycles. The fourth-order valence-electron chi connectivity index (χ4n) is 1.74. The number of aliphatic imine (C=N–C) groups is 1. The number of hydrogen-bond acceptors (Lipinski definition) is 2. The van der Waals surface area contributed by atoms with Gasteiger partial charge < -0.3 is 4.90 Å². The minimum atomic E-state index is 0.994. The lowest BCUT2D eigenvalue weighted by Crippen LogP contribution is -2.37. The van der Waals surface area contributed by atoms with Crippen LogP contribution in [0.3, 0.4) is 0 Å². The van der Waals surface area contributed by atoms with Gasteiger partial charge in [-0.25, -0.2) is 0 Å². The molecule has 94 valence electrons. The van der Waals surface area contributed by atoms with Gasteiger partial charge in [-0.05, 0) is 5.56 Å². The van der Waals surface area contributed by atoms with Crippen LogP contribution in [0.1, 0.15) is 19.4 Å². The van der Waals surface area contributed by atoms with Crippen molar-refractivity contribution in [1.29, 1.82) is 0 Å². The van der Waals surface area contributed by atoms with Crippen LogP contribution in [0.15, 0.2) is 35.3 Å². The second-order valence-electron chi connectivity index (χ2n) is 3.60. The summed E-state index contributed by atoms with van der Waals surface area (Å²) < 4.78 is 0. The monoisotopic (exact) mass is 250 g/mol. The summed E-state index contributed by atoms with van der Waals surface area (Å²) >= 11 is 1.97. The first kappa shape index (κ1) is 14.1. The molecule has 1 fully saturated rings. The Bertz CT molecular complexity index is 335. The quantitative estimate of drug-likeness (QED) is 0.800. The highest BCUT2D eigenvalue weighted by Gasteiger charge is 2.15. The van der Waals surface area contributed by atoms with E-state index in [1.165, 1.54) is 17.2 Å². The van der Waals surface area contributed by atoms with Crippen LogP contribution >= 0.6 is 11.8 Å². The standard InChI is InChI=1S/C12H16N2S.C2H6/c1-13-12-10-15-8-7-14(12)9-11-5-3-2-4-6-11;1-2/h2-6H,7-10H2,1H3;1-2H3. The van der Waals surface area contributed by atoms with E-state index < -0.39 is 0 Å². The fraction of sp³-hybridized carbons (Fsp3) is 0.500. The van der Waals surface area contributed by atoms with Gasteiger partial charge in [0.2, 0.25) is 0 Å². The number of amidine groups is 1. The van der Waals surface area contributed by atoms with Crippen LogP contribution in [0, 0.1) is 0 Å². The van der Waals surface area contributed by atoms with Gasteiger partial charge in [-0.3, -0.25) is 4.99 Å². The van der Waals surface area contributed by atoms with Gasteiger partial charge in [-0.1, -0.05) is 44.2 Å². The molecule has 0 N–H and O–H groups in total. The summed E-state index contributed by atoms with van der Waals surface area (Å²) in [4.78, 5) is 6.73. The van der Waals surface area contributed by atoms with Crippen LogP contribution < -0.4 is 0 Å². The number of benzene rings is 1. The molecular weight excluding hydrogens is 228 g/mol. The molecule has 0 amide bonds. The van der Waals surface area contributed by atoms with Gasteiger partial charge in [0.15, 0.2) is 0 Å². The normalized spacial score (nSPS) is 17.6. The van der Waals surface area contributed by atoms with Crippen molar-refractivity contribution in [1.82, 2.24) is 4.90 Å². The van der Waals surface area contributed by atoms with Crippen molar-refractivity contribution in [3.8, 4) is 0 Å². The van der Waals surface area contributed by atoms with Crippen molar-refractivity contribution in [2.24, 2.45) is 4.99 Å². The summed E-state index contributed by atoms with van der Waals surface area (Å²) in [5.74, 6) is 3.50. The predicted octanol–water partition coefficient (Wildman–Crippen LogP) is 3.29. The lowest BCUT2D eigenvalue weighted by molar-refractivity contribution is 0.432. The molecule has 1 aromatic rings. The molecule has 17 heavy (non-hydrogen) atoms. The van der Waals surface area contributed by atoms with Gasteiger partial charge >= 0.3 is 0 Å². The fourth-order valence-corrected chi connectivity index (χ4v) is 2.73.